The first-order valence-electron chi connectivity index (χ1n) is 3.09. The van der Waals surface area contributed by atoms with Crippen molar-refractivity contribution in [1.82, 2.24) is 0 Å². The number of ether oxygens (including phenoxy) is 1. The lowest BCUT2D eigenvalue weighted by atomic mass is 10.1. The van der Waals surface area contributed by atoms with Crippen LogP contribution in [-0.4, -0.2) is 24.5 Å². The molecule has 9 heavy (non-hydrogen) atoms. The van der Waals surface area contributed by atoms with Gasteiger partial charge in [-0.25, -0.2) is 0 Å². The first kappa shape index (κ1) is 6.71. The fourth-order valence-electron chi connectivity index (χ4n) is 1.02. The predicted molar refractivity (Wildman–Crippen MR) is 33.0 cm³/mol. The van der Waals surface area contributed by atoms with Crippen LogP contribution >= 0.6 is 0 Å². The molecule has 2 N–H and O–H groups in total. The summed E-state index contributed by atoms with van der Waals surface area (Å²) in [7, 11) is 0. The Bertz CT molecular complexity index is 124. The Morgan fingerprint density at radius 3 is 2.67 bits per heavy atom. The summed E-state index contributed by atoms with van der Waals surface area (Å²) < 4.78 is 5.05. The molecule has 1 aliphatic heterocycles. The van der Waals surface area contributed by atoms with Gasteiger partial charge < -0.3 is 10.5 Å². The zero-order valence-electron chi connectivity index (χ0n) is 5.46. The third-order valence-corrected chi connectivity index (χ3v) is 1.54. The fraction of sp³-hybridized carbons (Fsp3) is 0.833. The van der Waals surface area contributed by atoms with Gasteiger partial charge in [0.25, 0.3) is 0 Å². The average molecular weight is 129 g/mol. The molecule has 0 aromatic heterocycles. The van der Waals surface area contributed by atoms with E-state index in [-0.39, 0.29) is 17.9 Å². The van der Waals surface area contributed by atoms with Crippen molar-refractivity contribution in [3.8, 4) is 0 Å². The van der Waals surface area contributed by atoms with Gasteiger partial charge in [0.2, 0.25) is 0 Å². The van der Waals surface area contributed by atoms with Crippen LogP contribution in [0.2, 0.25) is 0 Å². The lowest BCUT2D eigenvalue weighted by molar-refractivity contribution is -0.126. The Hall–Kier alpha value is -0.410. The van der Waals surface area contributed by atoms with E-state index in [0.29, 0.717) is 6.61 Å². The van der Waals surface area contributed by atoms with Crippen molar-refractivity contribution in [2.75, 3.05) is 6.61 Å². The van der Waals surface area contributed by atoms with Gasteiger partial charge in [-0.1, -0.05) is 0 Å². The molecular weight excluding hydrogens is 118 g/mol. The highest BCUT2D eigenvalue weighted by molar-refractivity contribution is 5.81. The number of ketones is 1. The Morgan fingerprint density at radius 1 is 1.78 bits per heavy atom. The molecule has 0 spiro atoms. The van der Waals surface area contributed by atoms with Gasteiger partial charge in [0.15, 0.2) is 5.78 Å². The molecule has 0 saturated carbocycles. The van der Waals surface area contributed by atoms with Crippen molar-refractivity contribution in [2.45, 2.75) is 25.5 Å². The summed E-state index contributed by atoms with van der Waals surface area (Å²) in [5.74, 6) is 0.0417. The van der Waals surface area contributed by atoms with E-state index in [0.717, 1.165) is 6.42 Å². The highest BCUT2D eigenvalue weighted by Crippen LogP contribution is 2.11. The van der Waals surface area contributed by atoms with Gasteiger partial charge in [0, 0.05) is 12.6 Å². The van der Waals surface area contributed by atoms with E-state index in [9.17, 15) is 4.79 Å². The maximum absolute atomic E-state index is 10.7. The maximum Gasteiger partial charge on any atom is 0.160 e. The molecule has 1 heterocycles. The SMILES string of the molecule is CC(=O)[C@H]1OCC[C@H]1N. The molecule has 52 valence electrons. The minimum atomic E-state index is -0.329. The quantitative estimate of drug-likeness (QED) is 0.528. The summed E-state index contributed by atoms with van der Waals surface area (Å²) in [6.07, 6.45) is 0.481. The topological polar surface area (TPSA) is 52.3 Å². The van der Waals surface area contributed by atoms with Gasteiger partial charge in [-0.3, -0.25) is 4.79 Å². The van der Waals surface area contributed by atoms with Crippen molar-refractivity contribution in [1.29, 1.82) is 0 Å². The molecule has 1 rings (SSSR count). The van der Waals surface area contributed by atoms with Crippen LogP contribution in [0.4, 0.5) is 0 Å². The monoisotopic (exact) mass is 129 g/mol. The molecule has 0 aliphatic carbocycles. The number of carbonyl (C=O) groups excluding carboxylic acids is 1. The second-order valence-electron chi connectivity index (χ2n) is 2.35. The Morgan fingerprint density at radius 2 is 2.44 bits per heavy atom. The first-order valence-corrected chi connectivity index (χ1v) is 3.09. The molecule has 0 unspecified atom stereocenters. The lowest BCUT2D eigenvalue weighted by Gasteiger charge is -2.08. The summed E-state index contributed by atoms with van der Waals surface area (Å²) in [6, 6.07) is -0.0671. The maximum atomic E-state index is 10.7. The van der Waals surface area contributed by atoms with E-state index in [1.54, 1.807) is 0 Å². The molecular formula is C6H11NO2. The summed E-state index contributed by atoms with van der Waals surface area (Å²) >= 11 is 0. The van der Waals surface area contributed by atoms with Crippen LogP contribution in [0.25, 0.3) is 0 Å². The van der Waals surface area contributed by atoms with Crippen molar-refractivity contribution in [3.63, 3.8) is 0 Å². The number of hydrogen-bond donors (Lipinski definition) is 1. The van der Waals surface area contributed by atoms with E-state index >= 15 is 0 Å². The number of Topliss-reactive ketones (excluding diaryl/α,β-unsaturated/α-hetero) is 1. The molecule has 0 radical (unpaired) electrons. The summed E-state index contributed by atoms with van der Waals surface area (Å²) in [4.78, 5) is 10.7. The number of nitrogens with two attached hydrogens (primary N) is 1. The summed E-state index contributed by atoms with van der Waals surface area (Å²) in [5.41, 5.74) is 5.53. The molecule has 1 aliphatic rings. The standard InChI is InChI=1S/C6H11NO2/c1-4(8)6-5(7)2-3-9-6/h5-6H,2-3,7H2,1H3/t5-,6-/m1/s1. The van der Waals surface area contributed by atoms with Gasteiger partial charge in [-0.15, -0.1) is 0 Å². The normalized spacial score (nSPS) is 34.9. The molecule has 0 aromatic rings. The zero-order chi connectivity index (χ0) is 6.85. The van der Waals surface area contributed by atoms with Crippen LogP contribution in [0.3, 0.4) is 0 Å². The minimum absolute atomic E-state index is 0.0417. The van der Waals surface area contributed by atoms with E-state index in [1.807, 2.05) is 0 Å². The number of carbonyl (C=O) groups is 1. The largest absolute Gasteiger partial charge is 0.369 e. The molecule has 0 aromatic carbocycles. The second kappa shape index (κ2) is 2.45. The van der Waals surface area contributed by atoms with Gasteiger partial charge in [0.1, 0.15) is 6.10 Å². The van der Waals surface area contributed by atoms with Crippen LogP contribution in [0, 0.1) is 0 Å². The molecule has 0 bridgehead atoms. The molecule has 3 heteroatoms. The predicted octanol–water partition coefficient (Wildman–Crippen LogP) is -0.308. The van der Waals surface area contributed by atoms with E-state index in [1.165, 1.54) is 6.92 Å². The third-order valence-electron chi connectivity index (χ3n) is 1.54. The van der Waals surface area contributed by atoms with Crippen LogP contribution < -0.4 is 5.73 Å². The number of rotatable bonds is 1. The molecule has 0 amide bonds. The van der Waals surface area contributed by atoms with Crippen LogP contribution in [0.5, 0.6) is 0 Å². The second-order valence-corrected chi connectivity index (χ2v) is 2.35. The van der Waals surface area contributed by atoms with Crippen LogP contribution in [-0.2, 0) is 9.53 Å². The van der Waals surface area contributed by atoms with E-state index < -0.39 is 0 Å². The third kappa shape index (κ3) is 1.28. The van der Waals surface area contributed by atoms with Crippen molar-refractivity contribution >= 4 is 5.78 Å². The molecule has 3 nitrogen and oxygen atoms in total. The Labute approximate surface area is 54.2 Å². The van der Waals surface area contributed by atoms with Crippen LogP contribution in [0.15, 0.2) is 0 Å². The first-order chi connectivity index (χ1) is 4.22. The smallest absolute Gasteiger partial charge is 0.160 e. The summed E-state index contributed by atoms with van der Waals surface area (Å²) in [6.45, 7) is 2.14. The van der Waals surface area contributed by atoms with Crippen molar-refractivity contribution < 1.29 is 9.53 Å². The average Bonchev–Trinajstić information content (AvgIpc) is 2.13. The van der Waals surface area contributed by atoms with Gasteiger partial charge in [0.05, 0.1) is 0 Å². The lowest BCUT2D eigenvalue weighted by Crippen LogP contribution is -2.35. The molecule has 2 atom stereocenters. The van der Waals surface area contributed by atoms with Gasteiger partial charge >= 0.3 is 0 Å². The van der Waals surface area contributed by atoms with E-state index in [4.69, 9.17) is 10.5 Å². The highest BCUT2D eigenvalue weighted by atomic mass is 16.5. The van der Waals surface area contributed by atoms with Crippen molar-refractivity contribution in [3.05, 3.63) is 0 Å². The summed E-state index contributed by atoms with van der Waals surface area (Å²) in [5, 5.41) is 0. The van der Waals surface area contributed by atoms with E-state index in [2.05, 4.69) is 0 Å². The van der Waals surface area contributed by atoms with Crippen LogP contribution in [0.1, 0.15) is 13.3 Å². The van der Waals surface area contributed by atoms with Crippen molar-refractivity contribution in [2.24, 2.45) is 5.73 Å². The minimum Gasteiger partial charge on any atom is -0.369 e. The Balaban J connectivity index is 2.49. The number of hydrogen-bond acceptors (Lipinski definition) is 3. The zero-order valence-corrected chi connectivity index (χ0v) is 5.46. The Kier molecular flexibility index (Phi) is 1.83. The van der Waals surface area contributed by atoms with Gasteiger partial charge in [-0.2, -0.15) is 0 Å². The van der Waals surface area contributed by atoms with Gasteiger partial charge in [-0.05, 0) is 13.3 Å². The fourth-order valence-corrected chi connectivity index (χ4v) is 1.02. The molecule has 1 fully saturated rings. The molecule has 1 saturated heterocycles. The highest BCUT2D eigenvalue weighted by Gasteiger charge is 2.28.